The van der Waals surface area contributed by atoms with Crippen molar-refractivity contribution in [3.63, 3.8) is 0 Å². The van der Waals surface area contributed by atoms with Gasteiger partial charge in [-0.1, -0.05) is 26.8 Å². The number of hydrogen-bond donors (Lipinski definition) is 0. The van der Waals surface area contributed by atoms with Gasteiger partial charge in [-0.05, 0) is 17.5 Å². The Morgan fingerprint density at radius 2 is 1.86 bits per heavy atom. The average Bonchev–Trinajstić information content (AvgIpc) is 2.46. The molecule has 0 aliphatic carbocycles. The maximum absolute atomic E-state index is 12.2. The lowest BCUT2D eigenvalue weighted by Gasteiger charge is -2.37. The number of rotatable bonds is 3. The number of carbonyl (C=O) groups is 1. The number of benzene rings is 1. The molecule has 1 saturated heterocycles. The summed E-state index contributed by atoms with van der Waals surface area (Å²) in [5.41, 5.74) is 1.22. The van der Waals surface area contributed by atoms with E-state index in [2.05, 4.69) is 31.7 Å². The van der Waals surface area contributed by atoms with Crippen LogP contribution < -0.4 is 9.64 Å². The highest BCUT2D eigenvalue weighted by atomic mass is 16.5. The normalized spacial score (nSPS) is 16.0. The molecule has 1 amide bonds. The van der Waals surface area contributed by atoms with Crippen LogP contribution in [-0.2, 0) is 4.79 Å². The van der Waals surface area contributed by atoms with Crippen LogP contribution in [-0.4, -0.2) is 44.1 Å². The van der Waals surface area contributed by atoms with Gasteiger partial charge in [-0.15, -0.1) is 0 Å². The van der Waals surface area contributed by atoms with Crippen molar-refractivity contribution in [2.24, 2.45) is 5.41 Å². The Morgan fingerprint density at radius 3 is 2.43 bits per heavy atom. The lowest BCUT2D eigenvalue weighted by atomic mass is 9.91. The van der Waals surface area contributed by atoms with E-state index in [4.69, 9.17) is 4.74 Å². The minimum atomic E-state index is 0.0566. The number of nitrogens with zero attached hydrogens (tertiary/aromatic N) is 2. The molecular formula is C17H26N2O2. The lowest BCUT2D eigenvalue weighted by Crippen LogP contribution is -2.49. The van der Waals surface area contributed by atoms with Crippen molar-refractivity contribution >= 4 is 11.6 Å². The summed E-state index contributed by atoms with van der Waals surface area (Å²) in [6.07, 6.45) is 0.617. The smallest absolute Gasteiger partial charge is 0.223 e. The van der Waals surface area contributed by atoms with E-state index >= 15 is 0 Å². The second-order valence-corrected chi connectivity index (χ2v) is 6.81. The molecule has 1 aliphatic rings. The third-order valence-electron chi connectivity index (χ3n) is 3.73. The number of hydrogen-bond acceptors (Lipinski definition) is 3. The van der Waals surface area contributed by atoms with Crippen molar-refractivity contribution in [2.75, 3.05) is 38.2 Å². The largest absolute Gasteiger partial charge is 0.497 e. The first-order valence-electron chi connectivity index (χ1n) is 7.56. The zero-order valence-corrected chi connectivity index (χ0v) is 13.6. The monoisotopic (exact) mass is 290 g/mol. The number of carbonyl (C=O) groups excluding carboxylic acids is 1. The van der Waals surface area contributed by atoms with Gasteiger partial charge in [0.1, 0.15) is 5.75 Å². The second kappa shape index (κ2) is 6.37. The van der Waals surface area contributed by atoms with Crippen LogP contribution in [0.3, 0.4) is 0 Å². The first-order chi connectivity index (χ1) is 9.89. The number of piperazine rings is 1. The van der Waals surface area contributed by atoms with Crippen molar-refractivity contribution in [1.29, 1.82) is 0 Å². The molecule has 1 aromatic carbocycles. The molecule has 0 radical (unpaired) electrons. The topological polar surface area (TPSA) is 32.8 Å². The highest BCUT2D eigenvalue weighted by Gasteiger charge is 2.24. The van der Waals surface area contributed by atoms with Gasteiger partial charge >= 0.3 is 0 Å². The van der Waals surface area contributed by atoms with E-state index in [0.29, 0.717) is 6.42 Å². The second-order valence-electron chi connectivity index (χ2n) is 6.81. The number of amides is 1. The Morgan fingerprint density at radius 1 is 1.19 bits per heavy atom. The molecule has 0 aromatic heterocycles. The third kappa shape index (κ3) is 4.38. The minimum absolute atomic E-state index is 0.0566. The van der Waals surface area contributed by atoms with E-state index in [9.17, 15) is 4.79 Å². The Labute approximate surface area is 127 Å². The Balaban J connectivity index is 1.92. The summed E-state index contributed by atoms with van der Waals surface area (Å²) in [6, 6.07) is 8.10. The van der Waals surface area contributed by atoms with E-state index in [1.165, 1.54) is 0 Å². The molecule has 21 heavy (non-hydrogen) atoms. The highest BCUT2D eigenvalue weighted by molar-refractivity contribution is 5.77. The summed E-state index contributed by atoms with van der Waals surface area (Å²) < 4.78 is 5.27. The van der Waals surface area contributed by atoms with Crippen molar-refractivity contribution < 1.29 is 9.53 Å². The Bertz CT molecular complexity index is 486. The predicted molar refractivity (Wildman–Crippen MR) is 85.9 cm³/mol. The Kier molecular flexibility index (Phi) is 4.76. The quantitative estimate of drug-likeness (QED) is 0.858. The summed E-state index contributed by atoms with van der Waals surface area (Å²) in [5, 5.41) is 0. The van der Waals surface area contributed by atoms with E-state index in [1.807, 2.05) is 23.1 Å². The van der Waals surface area contributed by atoms with E-state index in [-0.39, 0.29) is 11.3 Å². The van der Waals surface area contributed by atoms with Crippen molar-refractivity contribution in [2.45, 2.75) is 27.2 Å². The summed E-state index contributed by atoms with van der Waals surface area (Å²) in [7, 11) is 1.68. The van der Waals surface area contributed by atoms with Gasteiger partial charge in [-0.3, -0.25) is 4.79 Å². The van der Waals surface area contributed by atoms with E-state index < -0.39 is 0 Å². The molecule has 1 aromatic rings. The van der Waals surface area contributed by atoms with Crippen molar-refractivity contribution in [3.05, 3.63) is 24.3 Å². The predicted octanol–water partition coefficient (Wildman–Crippen LogP) is 2.78. The molecule has 116 valence electrons. The fourth-order valence-corrected chi connectivity index (χ4v) is 2.59. The summed E-state index contributed by atoms with van der Waals surface area (Å²) in [4.78, 5) is 16.5. The van der Waals surface area contributed by atoms with Crippen LogP contribution in [0, 0.1) is 5.41 Å². The van der Waals surface area contributed by atoms with Gasteiger partial charge in [-0.2, -0.15) is 0 Å². The number of anilines is 1. The first-order valence-corrected chi connectivity index (χ1v) is 7.56. The highest BCUT2D eigenvalue weighted by Crippen LogP contribution is 2.24. The summed E-state index contributed by atoms with van der Waals surface area (Å²) in [5.74, 6) is 1.14. The molecule has 0 bridgehead atoms. The SMILES string of the molecule is COc1cccc(N2CCN(C(=O)CC(C)(C)C)CC2)c1. The van der Waals surface area contributed by atoms with Crippen LogP contribution in [0.15, 0.2) is 24.3 Å². The molecule has 1 aliphatic heterocycles. The van der Waals surface area contributed by atoms with Crippen LogP contribution in [0.5, 0.6) is 5.75 Å². The maximum atomic E-state index is 12.2. The van der Waals surface area contributed by atoms with Gasteiger partial charge in [0.25, 0.3) is 0 Å². The van der Waals surface area contributed by atoms with Gasteiger partial charge in [0, 0.05) is 44.4 Å². The first kappa shape index (κ1) is 15.7. The Hall–Kier alpha value is -1.71. The van der Waals surface area contributed by atoms with Gasteiger partial charge < -0.3 is 14.5 Å². The van der Waals surface area contributed by atoms with Gasteiger partial charge in [0.05, 0.1) is 7.11 Å². The minimum Gasteiger partial charge on any atom is -0.497 e. The zero-order valence-electron chi connectivity index (χ0n) is 13.6. The summed E-state index contributed by atoms with van der Waals surface area (Å²) in [6.45, 7) is 9.68. The fourth-order valence-electron chi connectivity index (χ4n) is 2.59. The summed E-state index contributed by atoms with van der Waals surface area (Å²) >= 11 is 0. The molecule has 1 heterocycles. The molecule has 0 N–H and O–H groups in total. The molecule has 0 saturated carbocycles. The van der Waals surface area contributed by atoms with Crippen molar-refractivity contribution in [3.8, 4) is 5.75 Å². The van der Waals surface area contributed by atoms with Gasteiger partial charge in [-0.25, -0.2) is 0 Å². The maximum Gasteiger partial charge on any atom is 0.223 e. The number of ether oxygens (including phenoxy) is 1. The van der Waals surface area contributed by atoms with Gasteiger partial charge in [0.2, 0.25) is 5.91 Å². The number of methoxy groups -OCH3 is 1. The van der Waals surface area contributed by atoms with Crippen LogP contribution in [0.1, 0.15) is 27.2 Å². The van der Waals surface area contributed by atoms with Crippen LogP contribution >= 0.6 is 0 Å². The fraction of sp³-hybridized carbons (Fsp3) is 0.588. The molecule has 2 rings (SSSR count). The molecule has 4 heteroatoms. The van der Waals surface area contributed by atoms with Crippen LogP contribution in [0.25, 0.3) is 0 Å². The molecule has 0 unspecified atom stereocenters. The average molecular weight is 290 g/mol. The molecule has 0 spiro atoms. The van der Waals surface area contributed by atoms with Crippen LogP contribution in [0.2, 0.25) is 0 Å². The van der Waals surface area contributed by atoms with E-state index in [1.54, 1.807) is 7.11 Å². The van der Waals surface area contributed by atoms with Crippen LogP contribution in [0.4, 0.5) is 5.69 Å². The van der Waals surface area contributed by atoms with Crippen molar-refractivity contribution in [1.82, 2.24) is 4.90 Å². The lowest BCUT2D eigenvalue weighted by molar-refractivity contribution is -0.133. The standard InChI is InChI=1S/C17H26N2O2/c1-17(2,3)13-16(20)19-10-8-18(9-11-19)14-6-5-7-15(12-14)21-4/h5-7,12H,8-11,13H2,1-4H3. The molecule has 1 fully saturated rings. The molecule has 0 atom stereocenters. The molecular weight excluding hydrogens is 264 g/mol. The molecule has 4 nitrogen and oxygen atoms in total. The third-order valence-corrected chi connectivity index (χ3v) is 3.73. The van der Waals surface area contributed by atoms with Gasteiger partial charge in [0.15, 0.2) is 0 Å². The zero-order chi connectivity index (χ0) is 15.5. The van der Waals surface area contributed by atoms with E-state index in [0.717, 1.165) is 37.6 Å².